The van der Waals surface area contributed by atoms with Gasteiger partial charge in [0.1, 0.15) is 29.5 Å². The van der Waals surface area contributed by atoms with E-state index in [9.17, 15) is 22.8 Å². The Morgan fingerprint density at radius 1 is 1.26 bits per heavy atom. The van der Waals surface area contributed by atoms with Crippen LogP contribution in [0.15, 0.2) is 36.9 Å². The molecule has 1 saturated heterocycles. The van der Waals surface area contributed by atoms with E-state index >= 15 is 0 Å². The zero-order chi connectivity index (χ0) is 25.3. The number of aromatic nitrogens is 4. The second-order valence-electron chi connectivity index (χ2n) is 8.28. The van der Waals surface area contributed by atoms with Crippen LogP contribution in [0.3, 0.4) is 0 Å². The predicted molar refractivity (Wildman–Crippen MR) is 128 cm³/mol. The molecule has 188 valence electrons. The zero-order valence-corrected chi connectivity index (χ0v) is 20.5. The predicted octanol–water partition coefficient (Wildman–Crippen LogP) is 4.22. The van der Waals surface area contributed by atoms with E-state index in [1.54, 1.807) is 31.4 Å². The molecule has 1 aromatic carbocycles. The van der Waals surface area contributed by atoms with Gasteiger partial charge in [0.2, 0.25) is 5.95 Å². The second-order valence-corrected chi connectivity index (χ2v) is 10.0. The lowest BCUT2D eigenvalue weighted by Crippen LogP contribution is -2.42. The number of nitrogens with zero attached hydrogens (tertiary/aromatic N) is 5. The van der Waals surface area contributed by atoms with E-state index in [2.05, 4.69) is 20.3 Å². The summed E-state index contributed by atoms with van der Waals surface area (Å²) >= 11 is 5.28. The number of benzene rings is 1. The molecule has 4 rings (SSSR count). The molecule has 0 amide bonds. The number of aliphatic hydroxyl groups is 1. The molecule has 2 unspecified atom stereocenters. The van der Waals surface area contributed by atoms with Crippen LogP contribution >= 0.6 is 11.6 Å². The number of hydrogen-bond acceptors (Lipinski definition) is 7. The van der Waals surface area contributed by atoms with Gasteiger partial charge in [-0.15, -0.1) is 4.31 Å². The van der Waals surface area contributed by atoms with Crippen molar-refractivity contribution >= 4 is 28.9 Å². The minimum atomic E-state index is -4.68. The van der Waals surface area contributed by atoms with Crippen LogP contribution in [0, 0.1) is 0 Å². The van der Waals surface area contributed by atoms with Gasteiger partial charge >= 0.3 is 6.18 Å². The van der Waals surface area contributed by atoms with Crippen LogP contribution in [0.2, 0.25) is 5.02 Å². The summed E-state index contributed by atoms with van der Waals surface area (Å²) in [6.07, 6.45) is 1.08. The molecule has 8 nitrogen and oxygen atoms in total. The first-order valence-corrected chi connectivity index (χ1v) is 12.7. The average molecular weight is 529 g/mol. The van der Waals surface area contributed by atoms with Gasteiger partial charge in [0.05, 0.1) is 16.8 Å². The molecule has 2 aromatic heterocycles. The third-order valence-electron chi connectivity index (χ3n) is 5.80. The Hall–Kier alpha value is -2.38. The van der Waals surface area contributed by atoms with Crippen LogP contribution in [0.1, 0.15) is 37.0 Å². The number of aliphatic hydroxyl groups excluding tert-OH is 1. The van der Waals surface area contributed by atoms with Gasteiger partial charge in [-0.2, -0.15) is 13.2 Å². The molecule has 0 saturated carbocycles. The second kappa shape index (κ2) is 10.3. The Balaban J connectivity index is 1.62. The number of halogens is 4. The lowest BCUT2D eigenvalue weighted by atomic mass is 10.1. The van der Waals surface area contributed by atoms with Crippen molar-refractivity contribution in [3.63, 3.8) is 0 Å². The summed E-state index contributed by atoms with van der Waals surface area (Å²) in [6, 6.07) is 4.87. The van der Waals surface area contributed by atoms with E-state index in [0.717, 1.165) is 6.20 Å². The first kappa shape index (κ1) is 25.7. The molecule has 1 fully saturated rings. The average Bonchev–Trinajstić information content (AvgIpc) is 3.28. The van der Waals surface area contributed by atoms with Gasteiger partial charge in [-0.05, 0) is 37.5 Å². The van der Waals surface area contributed by atoms with Crippen molar-refractivity contribution < 1.29 is 22.8 Å². The van der Waals surface area contributed by atoms with Crippen LogP contribution in [-0.2, 0) is 17.5 Å². The number of hydrogen-bond donors (Lipinski definition) is 2. The highest BCUT2D eigenvalue weighted by molar-refractivity contribution is 7.88. The van der Waals surface area contributed by atoms with Gasteiger partial charge in [0, 0.05) is 42.9 Å². The maximum absolute atomic E-state index is 13.7. The third-order valence-corrected chi connectivity index (χ3v) is 7.20. The van der Waals surface area contributed by atoms with Crippen molar-refractivity contribution in [3.8, 4) is 17.1 Å². The maximum Gasteiger partial charge on any atom is 0.420 e. The fourth-order valence-corrected chi connectivity index (χ4v) is 4.87. The van der Waals surface area contributed by atoms with Crippen LogP contribution < -0.4 is 5.32 Å². The monoisotopic (exact) mass is 528 g/mol. The summed E-state index contributed by atoms with van der Waals surface area (Å²) < 4.78 is 56.2. The standard InChI is InChI=1S/C22H24ClF3N6O2S/c1-13(33)14-3-4-19(17(23)9-14)31-11-18(28-12-31)20-16(22(24,25)26)10-27-21(30-20)29-15-5-7-32(8-6-15)35(2)34/h3-4,9-13,15,33H,5-8H2,1-2H3,(H,27,29,30). The minimum Gasteiger partial charge on any atom is -0.598 e. The van der Waals surface area contributed by atoms with E-state index in [0.29, 0.717) is 42.2 Å². The highest BCUT2D eigenvalue weighted by atomic mass is 35.5. The summed E-state index contributed by atoms with van der Waals surface area (Å²) in [5.41, 5.74) is -0.232. The molecule has 2 N–H and O–H groups in total. The molecule has 0 aliphatic carbocycles. The topological polar surface area (TPSA) is 102 Å². The molecule has 3 heterocycles. The summed E-state index contributed by atoms with van der Waals surface area (Å²) in [5, 5.41) is 13.1. The van der Waals surface area contributed by atoms with Gasteiger partial charge in [0.15, 0.2) is 0 Å². The molecule has 2 atom stereocenters. The van der Waals surface area contributed by atoms with Crippen molar-refractivity contribution in [1.29, 1.82) is 0 Å². The Morgan fingerprint density at radius 3 is 2.57 bits per heavy atom. The molecule has 1 aliphatic heterocycles. The number of piperidine rings is 1. The molecule has 3 aromatic rings. The first-order chi connectivity index (χ1) is 16.5. The quantitative estimate of drug-likeness (QED) is 0.462. The van der Waals surface area contributed by atoms with E-state index in [4.69, 9.17) is 11.6 Å². The highest BCUT2D eigenvalue weighted by Crippen LogP contribution is 2.36. The lowest BCUT2D eigenvalue weighted by Gasteiger charge is -2.31. The molecule has 1 aliphatic rings. The smallest absolute Gasteiger partial charge is 0.420 e. The Bertz CT molecular complexity index is 1180. The molecule has 35 heavy (non-hydrogen) atoms. The number of nitrogens with one attached hydrogen (secondary N) is 1. The fraction of sp³-hybridized carbons (Fsp3) is 0.409. The van der Waals surface area contributed by atoms with E-state index in [-0.39, 0.29) is 23.4 Å². The zero-order valence-electron chi connectivity index (χ0n) is 19.0. The summed E-state index contributed by atoms with van der Waals surface area (Å²) in [6.45, 7) is 2.81. The van der Waals surface area contributed by atoms with E-state index < -0.39 is 29.2 Å². The Morgan fingerprint density at radius 2 is 1.97 bits per heavy atom. The normalized spacial score (nSPS) is 17.4. The minimum absolute atomic E-state index is 0.00893. The molecular formula is C22H24ClF3N6O2S. The van der Waals surface area contributed by atoms with Gasteiger partial charge in [-0.1, -0.05) is 17.7 Å². The van der Waals surface area contributed by atoms with Gasteiger partial charge in [-0.25, -0.2) is 15.0 Å². The van der Waals surface area contributed by atoms with Crippen LogP contribution in [0.25, 0.3) is 17.1 Å². The summed E-state index contributed by atoms with van der Waals surface area (Å²) in [7, 11) is 0. The third kappa shape index (κ3) is 5.89. The number of alkyl halides is 3. The van der Waals surface area contributed by atoms with Crippen LogP contribution in [-0.4, -0.2) is 58.9 Å². The molecule has 0 bridgehead atoms. The van der Waals surface area contributed by atoms with Crippen molar-refractivity contribution in [2.75, 3.05) is 24.7 Å². The van der Waals surface area contributed by atoms with Gasteiger partial charge in [0.25, 0.3) is 0 Å². The van der Waals surface area contributed by atoms with Crippen molar-refractivity contribution in [1.82, 2.24) is 23.8 Å². The number of rotatable bonds is 6. The van der Waals surface area contributed by atoms with E-state index in [1.807, 2.05) is 4.31 Å². The first-order valence-electron chi connectivity index (χ1n) is 10.8. The fourth-order valence-electron chi connectivity index (χ4n) is 3.86. The number of anilines is 1. The maximum atomic E-state index is 13.7. The Kier molecular flexibility index (Phi) is 7.57. The highest BCUT2D eigenvalue weighted by Gasteiger charge is 2.36. The Labute approximate surface area is 208 Å². The van der Waals surface area contributed by atoms with Gasteiger partial charge < -0.3 is 19.5 Å². The van der Waals surface area contributed by atoms with Crippen molar-refractivity contribution in [2.24, 2.45) is 0 Å². The number of imidazole rings is 1. The van der Waals surface area contributed by atoms with E-state index in [1.165, 1.54) is 17.1 Å². The SMILES string of the molecule is CC(O)c1ccc(-n2cnc(-c3nc(NC4CCN([S+](C)[O-])CC4)ncc3C(F)(F)F)c2)c(Cl)c1. The molecule has 13 heteroatoms. The summed E-state index contributed by atoms with van der Waals surface area (Å²) in [4.78, 5) is 12.2. The van der Waals surface area contributed by atoms with Gasteiger partial charge in [-0.3, -0.25) is 0 Å². The largest absolute Gasteiger partial charge is 0.598 e. The molecular weight excluding hydrogens is 505 g/mol. The molecule has 0 radical (unpaired) electrons. The summed E-state index contributed by atoms with van der Waals surface area (Å²) in [5.74, 6) is 0.0675. The van der Waals surface area contributed by atoms with Crippen molar-refractivity contribution in [2.45, 2.75) is 38.1 Å². The van der Waals surface area contributed by atoms with Crippen molar-refractivity contribution in [3.05, 3.63) is 53.1 Å². The molecule has 0 spiro atoms. The lowest BCUT2D eigenvalue weighted by molar-refractivity contribution is -0.137. The van der Waals surface area contributed by atoms with Crippen LogP contribution in [0.5, 0.6) is 0 Å². The van der Waals surface area contributed by atoms with Crippen LogP contribution in [0.4, 0.5) is 19.1 Å².